The molecule has 0 spiro atoms. The number of rotatable bonds is 10. The molecule has 11 nitrogen and oxygen atoms in total. The van der Waals surface area contributed by atoms with E-state index in [0.29, 0.717) is 17.1 Å². The number of nitrogens with one attached hydrogen (secondary N) is 5. The van der Waals surface area contributed by atoms with Gasteiger partial charge in [0, 0.05) is 21.3 Å². The normalized spacial score (nSPS) is 11.4. The fourth-order valence-electron chi connectivity index (χ4n) is 3.88. The molecule has 0 aliphatic heterocycles. The fourth-order valence-corrected chi connectivity index (χ4v) is 4.42. The SMILES string of the molecule is O=C(O)CC(NC(=O)CNC(=O)c1cccc(NC(=O)NCc2nc3ccccc3[nH]2)c1)c1cc(Cl)cc(Cl)c1. The molecule has 40 heavy (non-hydrogen) atoms. The van der Waals surface area contributed by atoms with E-state index < -0.39 is 42.8 Å². The minimum absolute atomic E-state index is 0.167. The van der Waals surface area contributed by atoms with E-state index in [1.165, 1.54) is 30.3 Å². The number of hydrogen-bond donors (Lipinski definition) is 6. The minimum Gasteiger partial charge on any atom is -0.481 e. The smallest absolute Gasteiger partial charge is 0.319 e. The van der Waals surface area contributed by atoms with Crippen molar-refractivity contribution in [3.63, 3.8) is 0 Å². The standard InChI is InChI=1S/C27H24Cl2N6O5/c28-17-8-16(9-18(29)11-17)22(12-25(37)38)35-24(36)14-30-26(39)15-4-3-5-19(10-15)32-27(40)31-13-23-33-20-6-1-2-7-21(20)34-23/h1-11,22H,12-14H2,(H,30,39)(H,33,34)(H,35,36)(H,37,38)(H2,31,32,40). The van der Waals surface area contributed by atoms with Gasteiger partial charge in [-0.25, -0.2) is 9.78 Å². The lowest BCUT2D eigenvalue weighted by Gasteiger charge is -2.18. The molecule has 0 saturated carbocycles. The number of carbonyl (C=O) groups is 4. The van der Waals surface area contributed by atoms with Gasteiger partial charge in [0.15, 0.2) is 0 Å². The third kappa shape index (κ3) is 7.95. The van der Waals surface area contributed by atoms with Crippen molar-refractivity contribution in [1.82, 2.24) is 25.9 Å². The molecule has 1 atom stereocenters. The summed E-state index contributed by atoms with van der Waals surface area (Å²) in [6, 6.07) is 16.7. The van der Waals surface area contributed by atoms with Crippen LogP contribution in [0.25, 0.3) is 11.0 Å². The molecule has 0 radical (unpaired) electrons. The lowest BCUT2D eigenvalue weighted by Crippen LogP contribution is -2.39. The van der Waals surface area contributed by atoms with Crippen LogP contribution in [-0.4, -0.2) is 45.4 Å². The lowest BCUT2D eigenvalue weighted by atomic mass is 10.0. The summed E-state index contributed by atoms with van der Waals surface area (Å²) < 4.78 is 0. The number of amides is 4. The van der Waals surface area contributed by atoms with Gasteiger partial charge in [0.05, 0.1) is 36.6 Å². The van der Waals surface area contributed by atoms with Gasteiger partial charge in [0.2, 0.25) is 5.91 Å². The van der Waals surface area contributed by atoms with Crippen LogP contribution in [0.3, 0.4) is 0 Å². The first-order chi connectivity index (χ1) is 19.2. The van der Waals surface area contributed by atoms with Crippen molar-refractivity contribution < 1.29 is 24.3 Å². The summed E-state index contributed by atoms with van der Waals surface area (Å²) in [4.78, 5) is 56.4. The van der Waals surface area contributed by atoms with Crippen LogP contribution < -0.4 is 21.3 Å². The van der Waals surface area contributed by atoms with Gasteiger partial charge < -0.3 is 31.4 Å². The first kappa shape index (κ1) is 28.4. The minimum atomic E-state index is -1.14. The topological polar surface area (TPSA) is 165 Å². The molecule has 0 saturated heterocycles. The summed E-state index contributed by atoms with van der Waals surface area (Å²) in [5, 5.41) is 20.2. The number of carboxylic acid groups (broad SMARTS) is 1. The molecule has 6 N–H and O–H groups in total. The summed E-state index contributed by atoms with van der Waals surface area (Å²) in [5.41, 5.74) is 2.62. The van der Waals surface area contributed by atoms with Crippen molar-refractivity contribution in [2.24, 2.45) is 0 Å². The van der Waals surface area contributed by atoms with Gasteiger partial charge in [-0.1, -0.05) is 41.4 Å². The maximum Gasteiger partial charge on any atom is 0.319 e. The van der Waals surface area contributed by atoms with Crippen LogP contribution in [0, 0.1) is 0 Å². The number of para-hydroxylation sites is 2. The first-order valence-corrected chi connectivity index (χ1v) is 12.8. The van der Waals surface area contributed by atoms with Crippen molar-refractivity contribution in [1.29, 1.82) is 0 Å². The number of aromatic amines is 1. The fraction of sp³-hybridized carbons (Fsp3) is 0.148. The average molecular weight is 583 g/mol. The van der Waals surface area contributed by atoms with Crippen molar-refractivity contribution in [2.45, 2.75) is 19.0 Å². The molecule has 0 bridgehead atoms. The van der Waals surface area contributed by atoms with Crippen molar-refractivity contribution in [3.05, 3.63) is 93.7 Å². The third-order valence-electron chi connectivity index (χ3n) is 5.65. The van der Waals surface area contributed by atoms with Gasteiger partial charge in [0.1, 0.15) is 5.82 Å². The highest BCUT2D eigenvalue weighted by Crippen LogP contribution is 2.25. The second kappa shape index (κ2) is 13.0. The Morgan fingerprint density at radius 3 is 2.40 bits per heavy atom. The van der Waals surface area contributed by atoms with Gasteiger partial charge in [-0.15, -0.1) is 0 Å². The monoisotopic (exact) mass is 582 g/mol. The zero-order valence-electron chi connectivity index (χ0n) is 20.8. The van der Waals surface area contributed by atoms with E-state index in [2.05, 4.69) is 31.2 Å². The number of benzene rings is 3. The molecule has 1 aromatic heterocycles. The molecule has 4 amide bonds. The van der Waals surface area contributed by atoms with Gasteiger partial charge in [-0.3, -0.25) is 14.4 Å². The molecule has 0 fully saturated rings. The molecule has 0 aliphatic carbocycles. The van der Waals surface area contributed by atoms with Gasteiger partial charge in [-0.2, -0.15) is 0 Å². The van der Waals surface area contributed by atoms with Crippen LogP contribution >= 0.6 is 23.2 Å². The van der Waals surface area contributed by atoms with Crippen LogP contribution in [0.1, 0.15) is 34.2 Å². The molecular weight excluding hydrogens is 559 g/mol. The highest BCUT2D eigenvalue weighted by molar-refractivity contribution is 6.34. The highest BCUT2D eigenvalue weighted by atomic mass is 35.5. The van der Waals surface area contributed by atoms with E-state index in [1.807, 2.05) is 24.3 Å². The van der Waals surface area contributed by atoms with Crippen LogP contribution in [-0.2, 0) is 16.1 Å². The number of urea groups is 1. The van der Waals surface area contributed by atoms with E-state index in [-0.39, 0.29) is 22.2 Å². The number of anilines is 1. The Morgan fingerprint density at radius 2 is 1.68 bits per heavy atom. The molecule has 1 heterocycles. The molecule has 4 aromatic rings. The maximum absolute atomic E-state index is 12.6. The Bertz CT molecular complexity index is 1520. The number of hydrogen-bond acceptors (Lipinski definition) is 5. The molecular formula is C27H24Cl2N6O5. The molecule has 206 valence electrons. The van der Waals surface area contributed by atoms with Crippen molar-refractivity contribution in [2.75, 3.05) is 11.9 Å². The van der Waals surface area contributed by atoms with E-state index in [0.717, 1.165) is 11.0 Å². The van der Waals surface area contributed by atoms with Crippen LogP contribution in [0.5, 0.6) is 0 Å². The van der Waals surface area contributed by atoms with Crippen LogP contribution in [0.2, 0.25) is 10.0 Å². The molecule has 4 rings (SSSR count). The molecule has 1 unspecified atom stereocenters. The molecule has 3 aromatic carbocycles. The van der Waals surface area contributed by atoms with E-state index in [1.54, 1.807) is 12.1 Å². The van der Waals surface area contributed by atoms with E-state index >= 15 is 0 Å². The predicted octanol–water partition coefficient (Wildman–Crippen LogP) is 4.25. The summed E-state index contributed by atoms with van der Waals surface area (Å²) >= 11 is 12.0. The lowest BCUT2D eigenvalue weighted by molar-refractivity contribution is -0.137. The number of nitrogens with zero attached hydrogens (tertiary/aromatic N) is 1. The Labute approximate surface area is 238 Å². The number of imidazole rings is 1. The maximum atomic E-state index is 12.6. The van der Waals surface area contributed by atoms with Gasteiger partial charge >= 0.3 is 12.0 Å². The zero-order chi connectivity index (χ0) is 28.6. The summed E-state index contributed by atoms with van der Waals surface area (Å²) in [7, 11) is 0. The predicted molar refractivity (Wildman–Crippen MR) is 150 cm³/mol. The second-order valence-electron chi connectivity index (χ2n) is 8.69. The Balaban J connectivity index is 1.29. The quantitative estimate of drug-likeness (QED) is 0.163. The zero-order valence-corrected chi connectivity index (χ0v) is 22.3. The number of aromatic nitrogens is 2. The van der Waals surface area contributed by atoms with Crippen LogP contribution in [0.4, 0.5) is 10.5 Å². The number of fused-ring (bicyclic) bond motifs is 1. The van der Waals surface area contributed by atoms with Crippen molar-refractivity contribution >= 4 is 63.7 Å². The number of halogens is 2. The number of carbonyl (C=O) groups excluding carboxylic acids is 3. The van der Waals surface area contributed by atoms with Gasteiger partial charge in [0.25, 0.3) is 5.91 Å². The van der Waals surface area contributed by atoms with Gasteiger partial charge in [-0.05, 0) is 54.1 Å². The first-order valence-electron chi connectivity index (χ1n) is 12.0. The highest BCUT2D eigenvalue weighted by Gasteiger charge is 2.20. The van der Waals surface area contributed by atoms with Crippen LogP contribution in [0.15, 0.2) is 66.7 Å². The third-order valence-corrected chi connectivity index (χ3v) is 6.08. The molecule has 0 aliphatic rings. The molecule has 13 heteroatoms. The van der Waals surface area contributed by atoms with E-state index in [9.17, 15) is 24.3 Å². The largest absolute Gasteiger partial charge is 0.481 e. The summed E-state index contributed by atoms with van der Waals surface area (Å²) in [6.07, 6.45) is -0.414. The summed E-state index contributed by atoms with van der Waals surface area (Å²) in [5.74, 6) is -1.74. The van der Waals surface area contributed by atoms with Crippen molar-refractivity contribution in [3.8, 4) is 0 Å². The number of carboxylic acids is 1. The van der Waals surface area contributed by atoms with E-state index in [4.69, 9.17) is 23.2 Å². The average Bonchev–Trinajstić information content (AvgIpc) is 3.33. The Hall–Kier alpha value is -4.61. The summed E-state index contributed by atoms with van der Waals surface area (Å²) in [6.45, 7) is -0.251. The Kier molecular flexibility index (Phi) is 9.20. The number of H-pyrrole nitrogens is 1. The second-order valence-corrected chi connectivity index (χ2v) is 9.57. The number of aliphatic carboxylic acids is 1. The Morgan fingerprint density at radius 1 is 0.925 bits per heavy atom.